The number of thiophene rings is 2. The van der Waals surface area contributed by atoms with Gasteiger partial charge in [-0.1, -0.05) is 40.9 Å². The predicted octanol–water partition coefficient (Wildman–Crippen LogP) is 5.75. The smallest absolute Gasteiger partial charge is 0.266 e. The summed E-state index contributed by atoms with van der Waals surface area (Å²) in [5.41, 5.74) is 0. The van der Waals surface area contributed by atoms with Gasteiger partial charge in [-0.15, -0.1) is 22.7 Å². The topological polar surface area (TPSA) is 54.5 Å². The van der Waals surface area contributed by atoms with Crippen molar-refractivity contribution < 1.29 is 13.2 Å². The van der Waals surface area contributed by atoms with Crippen LogP contribution in [0.15, 0.2) is 29.6 Å². The predicted molar refractivity (Wildman–Crippen MR) is 118 cm³/mol. The minimum atomic E-state index is -3.14. The molecular weight excluding hydrogens is 481 g/mol. The Morgan fingerprint density at radius 2 is 2.04 bits per heavy atom. The van der Waals surface area contributed by atoms with E-state index in [1.54, 1.807) is 17.0 Å². The molecule has 1 atom stereocenters. The van der Waals surface area contributed by atoms with E-state index < -0.39 is 9.84 Å². The maximum absolute atomic E-state index is 13.4. The summed E-state index contributed by atoms with van der Waals surface area (Å²) in [6.07, 6.45) is 0.425. The second kappa shape index (κ2) is 7.78. The van der Waals surface area contributed by atoms with E-state index in [1.165, 1.54) is 22.7 Å². The number of hydrogen-bond acceptors (Lipinski definition) is 5. The van der Waals surface area contributed by atoms with Crippen molar-refractivity contribution in [3.8, 4) is 0 Å². The molecule has 1 unspecified atom stereocenters. The summed E-state index contributed by atoms with van der Waals surface area (Å²) in [6, 6.07) is 6.77. The van der Waals surface area contributed by atoms with Crippen LogP contribution < -0.4 is 0 Å². The van der Waals surface area contributed by atoms with Crippen LogP contribution in [-0.2, 0) is 16.4 Å². The zero-order valence-electron chi connectivity index (χ0n) is 14.3. The van der Waals surface area contributed by atoms with E-state index >= 15 is 0 Å². The van der Waals surface area contributed by atoms with Gasteiger partial charge in [0.2, 0.25) is 0 Å². The van der Waals surface area contributed by atoms with Crippen molar-refractivity contribution in [2.24, 2.45) is 0 Å². The van der Waals surface area contributed by atoms with Crippen LogP contribution in [0, 0.1) is 0 Å². The van der Waals surface area contributed by atoms with E-state index in [0.717, 1.165) is 9.58 Å². The number of rotatable bonds is 4. The number of halogens is 3. The summed E-state index contributed by atoms with van der Waals surface area (Å²) in [5.74, 6) is -0.221. The zero-order valence-corrected chi connectivity index (χ0v) is 19.0. The highest BCUT2D eigenvalue weighted by atomic mass is 35.5. The number of amides is 1. The van der Waals surface area contributed by atoms with E-state index in [2.05, 4.69) is 0 Å². The Labute approximate surface area is 185 Å². The van der Waals surface area contributed by atoms with Gasteiger partial charge in [-0.05, 0) is 30.0 Å². The van der Waals surface area contributed by atoms with Crippen molar-refractivity contribution in [1.82, 2.24) is 4.90 Å². The van der Waals surface area contributed by atoms with Gasteiger partial charge in [0.15, 0.2) is 9.84 Å². The minimum absolute atomic E-state index is 0.0286. The fraction of sp³-hybridized carbons (Fsp3) is 0.278. The molecule has 0 N–H and O–H groups in total. The summed E-state index contributed by atoms with van der Waals surface area (Å²) >= 11 is 21.6. The highest BCUT2D eigenvalue weighted by molar-refractivity contribution is 7.91. The first kappa shape index (κ1) is 20.4. The fourth-order valence-corrected chi connectivity index (χ4v) is 8.10. The van der Waals surface area contributed by atoms with Crippen LogP contribution in [0.2, 0.25) is 15.1 Å². The molecule has 0 bridgehead atoms. The molecule has 0 radical (unpaired) electrons. The van der Waals surface area contributed by atoms with Gasteiger partial charge in [0.1, 0.15) is 4.88 Å². The lowest BCUT2D eigenvalue weighted by atomic mass is 10.2. The molecule has 0 spiro atoms. The van der Waals surface area contributed by atoms with Crippen LogP contribution in [0.1, 0.15) is 21.0 Å². The third-order valence-corrected chi connectivity index (χ3v) is 9.40. The third-order valence-electron chi connectivity index (χ3n) is 4.66. The summed E-state index contributed by atoms with van der Waals surface area (Å²) in [7, 11) is -3.14. The van der Waals surface area contributed by atoms with Crippen LogP contribution in [0.3, 0.4) is 0 Å². The standard InChI is InChI=1S/C18H14Cl3NO3S3/c19-10-6-13(20)15-14(7-10)27-17(16(15)21)18(23)22(8-12-2-1-4-26-12)11-3-5-28(24,25)9-11/h1-2,4,6-7,11H,3,5,8-9H2. The first-order valence-corrected chi connectivity index (χ1v) is 13.0. The van der Waals surface area contributed by atoms with Crippen LogP contribution >= 0.6 is 57.5 Å². The monoisotopic (exact) mass is 493 g/mol. The Kier molecular flexibility index (Phi) is 5.68. The first-order chi connectivity index (χ1) is 13.2. The van der Waals surface area contributed by atoms with Crippen LogP contribution in [0.4, 0.5) is 0 Å². The maximum Gasteiger partial charge on any atom is 0.266 e. The summed E-state index contributed by atoms with van der Waals surface area (Å²) in [6.45, 7) is 0.343. The highest BCUT2D eigenvalue weighted by Gasteiger charge is 2.36. The number of benzene rings is 1. The molecule has 0 saturated carbocycles. The number of sulfone groups is 1. The largest absolute Gasteiger partial charge is 0.329 e. The van der Waals surface area contributed by atoms with E-state index in [9.17, 15) is 13.2 Å². The van der Waals surface area contributed by atoms with Crippen LogP contribution in [-0.4, -0.2) is 36.8 Å². The second-order valence-electron chi connectivity index (χ2n) is 6.58. The number of nitrogens with zero attached hydrogens (tertiary/aromatic N) is 1. The lowest BCUT2D eigenvalue weighted by Gasteiger charge is -2.27. The van der Waals surface area contributed by atoms with Crippen molar-refractivity contribution in [1.29, 1.82) is 0 Å². The van der Waals surface area contributed by atoms with E-state index in [-0.39, 0.29) is 28.5 Å². The van der Waals surface area contributed by atoms with Gasteiger partial charge in [0.25, 0.3) is 5.91 Å². The molecule has 28 heavy (non-hydrogen) atoms. The van der Waals surface area contributed by atoms with E-state index in [0.29, 0.717) is 33.3 Å². The summed E-state index contributed by atoms with van der Waals surface area (Å²) in [5, 5.41) is 3.65. The van der Waals surface area contributed by atoms with Gasteiger partial charge in [-0.25, -0.2) is 8.42 Å². The minimum Gasteiger partial charge on any atom is -0.329 e. The Hall–Kier alpha value is -0.830. The van der Waals surface area contributed by atoms with Crippen molar-refractivity contribution >= 4 is 83.3 Å². The van der Waals surface area contributed by atoms with Crippen LogP contribution in [0.25, 0.3) is 10.1 Å². The molecule has 1 saturated heterocycles. The van der Waals surface area contributed by atoms with Gasteiger partial charge in [0.05, 0.1) is 28.1 Å². The molecule has 1 fully saturated rings. The molecule has 1 amide bonds. The average Bonchev–Trinajstić information content (AvgIpc) is 3.31. The number of carbonyl (C=O) groups is 1. The number of carbonyl (C=O) groups excluding carboxylic acids is 1. The molecule has 1 aliphatic rings. The SMILES string of the molecule is O=C(c1sc2cc(Cl)cc(Cl)c2c1Cl)N(Cc1cccs1)C1CCS(=O)(=O)C1. The van der Waals surface area contributed by atoms with E-state index in [1.807, 2.05) is 17.5 Å². The third kappa shape index (κ3) is 3.93. The molecule has 1 aliphatic heterocycles. The number of fused-ring (bicyclic) bond motifs is 1. The lowest BCUT2D eigenvalue weighted by molar-refractivity contribution is 0.0688. The molecule has 1 aromatic carbocycles. The quantitative estimate of drug-likeness (QED) is 0.464. The summed E-state index contributed by atoms with van der Waals surface area (Å²) < 4.78 is 24.7. The summed E-state index contributed by atoms with van der Waals surface area (Å²) in [4.78, 5) is 16.4. The molecule has 4 nitrogen and oxygen atoms in total. The molecule has 3 heterocycles. The molecule has 148 valence electrons. The lowest BCUT2D eigenvalue weighted by Crippen LogP contribution is -2.40. The molecule has 0 aliphatic carbocycles. The highest BCUT2D eigenvalue weighted by Crippen LogP contribution is 2.42. The molecule has 2 aromatic heterocycles. The van der Waals surface area contributed by atoms with Crippen LogP contribution in [0.5, 0.6) is 0 Å². The van der Waals surface area contributed by atoms with Gasteiger partial charge < -0.3 is 4.90 Å². The van der Waals surface area contributed by atoms with Gasteiger partial charge in [0, 0.05) is 26.0 Å². The van der Waals surface area contributed by atoms with Gasteiger partial charge in [-0.2, -0.15) is 0 Å². The zero-order chi connectivity index (χ0) is 20.1. The first-order valence-electron chi connectivity index (χ1n) is 8.36. The Morgan fingerprint density at radius 3 is 2.68 bits per heavy atom. The second-order valence-corrected chi connectivity index (χ2v) is 12.1. The van der Waals surface area contributed by atoms with Gasteiger partial charge >= 0.3 is 0 Å². The van der Waals surface area contributed by atoms with Crippen molar-refractivity contribution in [3.05, 3.63) is 54.5 Å². The molecular formula is C18H14Cl3NO3S3. The average molecular weight is 495 g/mol. The normalized spacial score (nSPS) is 18.6. The van der Waals surface area contributed by atoms with Crippen molar-refractivity contribution in [3.63, 3.8) is 0 Å². The fourth-order valence-electron chi connectivity index (χ4n) is 3.34. The number of hydrogen-bond donors (Lipinski definition) is 0. The molecule has 3 aromatic rings. The molecule has 4 rings (SSSR count). The Balaban J connectivity index is 1.76. The Bertz CT molecular complexity index is 1160. The van der Waals surface area contributed by atoms with Crippen molar-refractivity contribution in [2.75, 3.05) is 11.5 Å². The Morgan fingerprint density at radius 1 is 1.25 bits per heavy atom. The molecule has 10 heteroatoms. The van der Waals surface area contributed by atoms with E-state index in [4.69, 9.17) is 34.8 Å². The van der Waals surface area contributed by atoms with Gasteiger partial charge in [-0.3, -0.25) is 4.79 Å². The van der Waals surface area contributed by atoms with Crippen molar-refractivity contribution in [2.45, 2.75) is 19.0 Å². The maximum atomic E-state index is 13.4.